The summed E-state index contributed by atoms with van der Waals surface area (Å²) >= 11 is 5.97. The third-order valence-electron chi connectivity index (χ3n) is 5.61. The van der Waals surface area contributed by atoms with Gasteiger partial charge >= 0.3 is 0 Å². The van der Waals surface area contributed by atoms with Crippen LogP contribution in [0.2, 0.25) is 5.02 Å². The van der Waals surface area contributed by atoms with Crippen LogP contribution >= 0.6 is 11.6 Å². The summed E-state index contributed by atoms with van der Waals surface area (Å²) in [5.41, 5.74) is 0.867. The van der Waals surface area contributed by atoms with Gasteiger partial charge in [-0.15, -0.1) is 0 Å². The number of halogens is 2. The zero-order chi connectivity index (χ0) is 19.0. The number of anilines is 1. The second kappa shape index (κ2) is 6.97. The summed E-state index contributed by atoms with van der Waals surface area (Å²) in [6.07, 6.45) is 2.85. The molecule has 1 saturated heterocycles. The Bertz CT molecular complexity index is 880. The molecule has 2 amide bonds. The predicted molar refractivity (Wildman–Crippen MR) is 102 cm³/mol. The predicted octanol–water partition coefficient (Wildman–Crippen LogP) is 4.03. The molecular formula is C21H20ClFN2O2. The van der Waals surface area contributed by atoms with E-state index in [1.165, 1.54) is 11.0 Å². The van der Waals surface area contributed by atoms with Crippen molar-refractivity contribution in [2.24, 2.45) is 5.92 Å². The molecule has 2 aliphatic rings. The van der Waals surface area contributed by atoms with Crippen LogP contribution in [-0.2, 0) is 15.1 Å². The van der Waals surface area contributed by atoms with Gasteiger partial charge in [0.25, 0.3) is 0 Å². The van der Waals surface area contributed by atoms with Crippen molar-refractivity contribution < 1.29 is 14.0 Å². The molecule has 1 unspecified atom stereocenters. The van der Waals surface area contributed by atoms with Crippen LogP contribution in [0, 0.1) is 11.7 Å². The van der Waals surface area contributed by atoms with Gasteiger partial charge in [-0.05, 0) is 49.1 Å². The maximum absolute atomic E-state index is 14.0. The molecule has 4 rings (SSSR count). The van der Waals surface area contributed by atoms with E-state index in [0.717, 1.165) is 24.8 Å². The molecule has 0 bridgehead atoms. The molecule has 140 valence electrons. The standard InChI is InChI=1S/C21H20ClFN2O2/c22-16-8-6-15(7-9-16)21(10-3-11-21)24-20(27)14-12-19(26)25(13-14)18-5-2-1-4-17(18)23/h1-2,4-9,14H,3,10-13H2,(H,24,27). The topological polar surface area (TPSA) is 49.4 Å². The summed E-state index contributed by atoms with van der Waals surface area (Å²) in [5.74, 6) is -1.32. The van der Waals surface area contributed by atoms with Gasteiger partial charge < -0.3 is 10.2 Å². The van der Waals surface area contributed by atoms with Crippen molar-refractivity contribution in [1.29, 1.82) is 0 Å². The van der Waals surface area contributed by atoms with Crippen LogP contribution in [0.3, 0.4) is 0 Å². The van der Waals surface area contributed by atoms with E-state index in [-0.39, 0.29) is 30.5 Å². The number of carbonyl (C=O) groups is 2. The molecule has 2 fully saturated rings. The molecule has 2 aromatic carbocycles. The maximum atomic E-state index is 14.0. The minimum absolute atomic E-state index is 0.0941. The highest BCUT2D eigenvalue weighted by atomic mass is 35.5. The van der Waals surface area contributed by atoms with Crippen molar-refractivity contribution >= 4 is 29.1 Å². The Morgan fingerprint density at radius 1 is 1.15 bits per heavy atom. The summed E-state index contributed by atoms with van der Waals surface area (Å²) in [6, 6.07) is 13.7. The lowest BCUT2D eigenvalue weighted by atomic mass is 9.71. The van der Waals surface area contributed by atoms with Gasteiger partial charge in [-0.1, -0.05) is 35.9 Å². The Morgan fingerprint density at radius 3 is 2.48 bits per heavy atom. The number of para-hydroxylation sites is 1. The average Bonchev–Trinajstić information content (AvgIpc) is 3.01. The molecule has 4 nitrogen and oxygen atoms in total. The molecule has 1 N–H and O–H groups in total. The van der Waals surface area contributed by atoms with Crippen LogP contribution in [0.1, 0.15) is 31.2 Å². The first-order valence-corrected chi connectivity index (χ1v) is 9.49. The highest BCUT2D eigenvalue weighted by molar-refractivity contribution is 6.30. The number of amides is 2. The Balaban J connectivity index is 1.49. The number of hydrogen-bond donors (Lipinski definition) is 1. The second-order valence-electron chi connectivity index (χ2n) is 7.29. The van der Waals surface area contributed by atoms with E-state index in [4.69, 9.17) is 11.6 Å². The van der Waals surface area contributed by atoms with Crippen LogP contribution in [0.5, 0.6) is 0 Å². The van der Waals surface area contributed by atoms with E-state index in [2.05, 4.69) is 5.32 Å². The fourth-order valence-electron chi connectivity index (χ4n) is 3.91. The normalized spacial score (nSPS) is 21.0. The van der Waals surface area contributed by atoms with Crippen LogP contribution in [-0.4, -0.2) is 18.4 Å². The van der Waals surface area contributed by atoms with E-state index in [0.29, 0.717) is 5.02 Å². The molecule has 1 atom stereocenters. The van der Waals surface area contributed by atoms with Crippen molar-refractivity contribution in [3.8, 4) is 0 Å². The van der Waals surface area contributed by atoms with Crippen molar-refractivity contribution in [1.82, 2.24) is 5.32 Å². The lowest BCUT2D eigenvalue weighted by Gasteiger charge is -2.43. The van der Waals surface area contributed by atoms with E-state index < -0.39 is 17.3 Å². The zero-order valence-corrected chi connectivity index (χ0v) is 15.5. The zero-order valence-electron chi connectivity index (χ0n) is 14.8. The van der Waals surface area contributed by atoms with E-state index >= 15 is 0 Å². The molecule has 27 heavy (non-hydrogen) atoms. The third kappa shape index (κ3) is 3.32. The maximum Gasteiger partial charge on any atom is 0.227 e. The van der Waals surface area contributed by atoms with Gasteiger partial charge in [0.05, 0.1) is 17.1 Å². The summed E-state index contributed by atoms with van der Waals surface area (Å²) in [7, 11) is 0. The fourth-order valence-corrected chi connectivity index (χ4v) is 4.04. The van der Waals surface area contributed by atoms with Gasteiger partial charge in [0.1, 0.15) is 5.82 Å². The Morgan fingerprint density at radius 2 is 1.85 bits per heavy atom. The molecule has 1 aliphatic carbocycles. The highest BCUT2D eigenvalue weighted by Gasteiger charge is 2.43. The molecular weight excluding hydrogens is 367 g/mol. The van der Waals surface area contributed by atoms with Gasteiger partial charge in [-0.2, -0.15) is 0 Å². The Kier molecular flexibility index (Phi) is 4.64. The summed E-state index contributed by atoms with van der Waals surface area (Å²) in [4.78, 5) is 26.6. The van der Waals surface area contributed by atoms with Gasteiger partial charge in [0, 0.05) is 18.0 Å². The molecule has 1 saturated carbocycles. The summed E-state index contributed by atoms with van der Waals surface area (Å²) in [6.45, 7) is 0.197. The van der Waals surface area contributed by atoms with Crippen LogP contribution < -0.4 is 10.2 Å². The summed E-state index contributed by atoms with van der Waals surface area (Å²) in [5, 5.41) is 3.81. The summed E-state index contributed by atoms with van der Waals surface area (Å²) < 4.78 is 14.0. The first kappa shape index (κ1) is 18.0. The molecule has 1 aliphatic heterocycles. The lowest BCUT2D eigenvalue weighted by molar-refractivity contribution is -0.129. The second-order valence-corrected chi connectivity index (χ2v) is 7.73. The minimum Gasteiger partial charge on any atom is -0.346 e. The van der Waals surface area contributed by atoms with Crippen LogP contribution in [0.25, 0.3) is 0 Å². The first-order valence-electron chi connectivity index (χ1n) is 9.11. The number of hydrogen-bond acceptors (Lipinski definition) is 2. The molecule has 2 aromatic rings. The van der Waals surface area contributed by atoms with Gasteiger partial charge in [-0.25, -0.2) is 4.39 Å². The lowest BCUT2D eigenvalue weighted by Crippen LogP contribution is -2.52. The smallest absolute Gasteiger partial charge is 0.227 e. The number of benzene rings is 2. The third-order valence-corrected chi connectivity index (χ3v) is 5.86. The molecule has 0 radical (unpaired) electrons. The van der Waals surface area contributed by atoms with Crippen LogP contribution in [0.15, 0.2) is 48.5 Å². The van der Waals surface area contributed by atoms with Gasteiger partial charge in [0.2, 0.25) is 11.8 Å². The Labute approximate surface area is 162 Å². The van der Waals surface area contributed by atoms with Crippen molar-refractivity contribution in [3.63, 3.8) is 0 Å². The molecule has 0 aromatic heterocycles. The molecule has 1 heterocycles. The fraction of sp³-hybridized carbons (Fsp3) is 0.333. The van der Waals surface area contributed by atoms with Crippen molar-refractivity contribution in [2.75, 3.05) is 11.4 Å². The average molecular weight is 387 g/mol. The largest absolute Gasteiger partial charge is 0.346 e. The van der Waals surface area contributed by atoms with Gasteiger partial charge in [0.15, 0.2) is 0 Å². The number of nitrogens with zero attached hydrogens (tertiary/aromatic N) is 1. The Hall–Kier alpha value is -2.40. The number of nitrogens with one attached hydrogen (secondary N) is 1. The van der Waals surface area contributed by atoms with Gasteiger partial charge in [-0.3, -0.25) is 9.59 Å². The van der Waals surface area contributed by atoms with Crippen molar-refractivity contribution in [3.05, 3.63) is 64.9 Å². The van der Waals surface area contributed by atoms with Crippen molar-refractivity contribution in [2.45, 2.75) is 31.2 Å². The molecule has 6 heteroatoms. The minimum atomic E-state index is -0.484. The quantitative estimate of drug-likeness (QED) is 0.862. The SMILES string of the molecule is O=C(NC1(c2ccc(Cl)cc2)CCC1)C1CC(=O)N(c2ccccc2F)C1. The van der Waals surface area contributed by atoms with E-state index in [9.17, 15) is 14.0 Å². The number of carbonyl (C=O) groups excluding carboxylic acids is 2. The highest BCUT2D eigenvalue weighted by Crippen LogP contribution is 2.42. The van der Waals surface area contributed by atoms with E-state index in [1.54, 1.807) is 18.2 Å². The first-order chi connectivity index (χ1) is 13.0. The van der Waals surface area contributed by atoms with E-state index in [1.807, 2.05) is 24.3 Å². The molecule has 0 spiro atoms. The number of rotatable bonds is 4. The monoisotopic (exact) mass is 386 g/mol. The van der Waals surface area contributed by atoms with Crippen LogP contribution in [0.4, 0.5) is 10.1 Å².